The van der Waals surface area contributed by atoms with Crippen molar-refractivity contribution in [1.29, 1.82) is 0 Å². The van der Waals surface area contributed by atoms with E-state index >= 15 is 0 Å². The van der Waals surface area contributed by atoms with Crippen LogP contribution in [0.4, 0.5) is 5.69 Å². The largest absolute Gasteiger partial charge is 0.324 e. The van der Waals surface area contributed by atoms with Crippen LogP contribution in [0.1, 0.15) is 11.6 Å². The average molecular weight is 293 g/mol. The maximum atomic E-state index is 11.5. The van der Waals surface area contributed by atoms with Gasteiger partial charge in [-0.3, -0.25) is 4.79 Å². The van der Waals surface area contributed by atoms with Gasteiger partial charge in [0.1, 0.15) is 6.04 Å². The van der Waals surface area contributed by atoms with Crippen LogP contribution in [0.3, 0.4) is 0 Å². The molecule has 0 saturated carbocycles. The Labute approximate surface area is 106 Å². The highest BCUT2D eigenvalue weighted by Gasteiger charge is 2.28. The zero-order chi connectivity index (χ0) is 12.0. The molecule has 2 aromatic rings. The lowest BCUT2D eigenvalue weighted by molar-refractivity contribution is -0.116. The number of nitrogens with zero attached hydrogens (tertiary/aromatic N) is 2. The summed E-state index contributed by atoms with van der Waals surface area (Å²) < 4.78 is 2.58. The highest BCUT2D eigenvalue weighted by molar-refractivity contribution is 9.10. The molecule has 0 fully saturated rings. The third-order valence-electron chi connectivity index (χ3n) is 2.75. The molecule has 1 aliphatic rings. The van der Waals surface area contributed by atoms with Crippen LogP contribution in [0, 0.1) is 0 Å². The Morgan fingerprint density at radius 2 is 2.29 bits per heavy atom. The molecule has 0 spiro atoms. The van der Waals surface area contributed by atoms with E-state index in [9.17, 15) is 4.79 Å². The Morgan fingerprint density at radius 1 is 1.47 bits per heavy atom. The van der Waals surface area contributed by atoms with Gasteiger partial charge in [-0.25, -0.2) is 4.68 Å². The number of anilines is 1. The van der Waals surface area contributed by atoms with Crippen LogP contribution in [-0.2, 0) is 4.79 Å². The van der Waals surface area contributed by atoms with Gasteiger partial charge in [0, 0.05) is 28.1 Å². The number of hydrogen-bond donors (Lipinski definition) is 2. The molecule has 3 N–H and O–H groups in total. The Balaban J connectivity index is 2.16. The number of benzene rings is 1. The summed E-state index contributed by atoms with van der Waals surface area (Å²) in [5.74, 6) is -0.176. The topological polar surface area (TPSA) is 72.9 Å². The van der Waals surface area contributed by atoms with Crippen molar-refractivity contribution in [2.75, 3.05) is 5.32 Å². The minimum absolute atomic E-state index is 0.176. The van der Waals surface area contributed by atoms with Crippen LogP contribution in [0.5, 0.6) is 0 Å². The van der Waals surface area contributed by atoms with Crippen molar-refractivity contribution in [1.82, 2.24) is 9.78 Å². The van der Waals surface area contributed by atoms with E-state index in [0.717, 1.165) is 21.4 Å². The van der Waals surface area contributed by atoms with Gasteiger partial charge in [-0.15, -0.1) is 0 Å². The molecule has 1 aliphatic heterocycles. The molecule has 1 aromatic heterocycles. The van der Waals surface area contributed by atoms with Crippen molar-refractivity contribution in [3.05, 3.63) is 40.6 Å². The van der Waals surface area contributed by atoms with Crippen LogP contribution in [0.25, 0.3) is 5.69 Å². The second-order valence-electron chi connectivity index (χ2n) is 3.81. The van der Waals surface area contributed by atoms with Crippen molar-refractivity contribution in [2.45, 2.75) is 6.04 Å². The first-order valence-electron chi connectivity index (χ1n) is 5.07. The van der Waals surface area contributed by atoms with Gasteiger partial charge < -0.3 is 11.1 Å². The van der Waals surface area contributed by atoms with Gasteiger partial charge in [0.05, 0.1) is 5.69 Å². The minimum Gasteiger partial charge on any atom is -0.324 e. The van der Waals surface area contributed by atoms with E-state index in [4.69, 9.17) is 5.73 Å². The van der Waals surface area contributed by atoms with Gasteiger partial charge in [-0.2, -0.15) is 5.10 Å². The first-order chi connectivity index (χ1) is 8.16. The normalized spacial score (nSPS) is 18.0. The minimum atomic E-state index is -0.590. The molecule has 5 nitrogen and oxygen atoms in total. The summed E-state index contributed by atoms with van der Waals surface area (Å²) >= 11 is 3.46. The molecule has 1 atom stereocenters. The number of carbonyl (C=O) groups is 1. The quantitative estimate of drug-likeness (QED) is 0.838. The molecule has 0 saturated heterocycles. The lowest BCUT2D eigenvalue weighted by Gasteiger charge is -2.08. The predicted octanol–water partition coefficient (Wildman–Crippen LogP) is 1.59. The van der Waals surface area contributed by atoms with E-state index in [2.05, 4.69) is 26.3 Å². The van der Waals surface area contributed by atoms with Gasteiger partial charge in [0.2, 0.25) is 5.91 Å². The summed E-state index contributed by atoms with van der Waals surface area (Å²) in [5, 5.41) is 6.90. The first-order valence-corrected chi connectivity index (χ1v) is 5.86. The molecule has 2 heterocycles. The molecule has 3 rings (SSSR count). The molecule has 1 aromatic carbocycles. The number of amides is 1. The summed E-state index contributed by atoms with van der Waals surface area (Å²) in [7, 11) is 0. The number of nitrogens with two attached hydrogens (primary N) is 1. The summed E-state index contributed by atoms with van der Waals surface area (Å²) in [6.45, 7) is 0. The lowest BCUT2D eigenvalue weighted by Crippen LogP contribution is -2.19. The fourth-order valence-electron chi connectivity index (χ4n) is 1.88. The lowest BCUT2D eigenvalue weighted by atomic mass is 10.1. The molecular formula is C11H9BrN4O. The van der Waals surface area contributed by atoms with E-state index in [-0.39, 0.29) is 5.91 Å². The maximum absolute atomic E-state index is 11.5. The summed E-state index contributed by atoms with van der Waals surface area (Å²) in [5.41, 5.74) is 8.19. The number of nitrogens with one attached hydrogen (secondary N) is 1. The maximum Gasteiger partial charge on any atom is 0.245 e. The van der Waals surface area contributed by atoms with Gasteiger partial charge in [0.25, 0.3) is 0 Å². The molecule has 86 valence electrons. The van der Waals surface area contributed by atoms with E-state index in [1.165, 1.54) is 0 Å². The Bertz CT molecular complexity index is 594. The van der Waals surface area contributed by atoms with Gasteiger partial charge in [0.15, 0.2) is 0 Å². The molecule has 6 heteroatoms. The van der Waals surface area contributed by atoms with Gasteiger partial charge in [-0.05, 0) is 34.1 Å². The highest BCUT2D eigenvalue weighted by Crippen LogP contribution is 2.35. The predicted molar refractivity (Wildman–Crippen MR) is 66.8 cm³/mol. The molecule has 1 amide bonds. The van der Waals surface area contributed by atoms with Crippen molar-refractivity contribution >= 4 is 27.5 Å². The van der Waals surface area contributed by atoms with Crippen LogP contribution in [-0.4, -0.2) is 15.7 Å². The van der Waals surface area contributed by atoms with Crippen LogP contribution < -0.4 is 11.1 Å². The van der Waals surface area contributed by atoms with Crippen molar-refractivity contribution in [2.24, 2.45) is 5.73 Å². The van der Waals surface area contributed by atoms with E-state index < -0.39 is 6.04 Å². The van der Waals surface area contributed by atoms with Crippen LogP contribution >= 0.6 is 15.9 Å². The number of rotatable bonds is 1. The van der Waals surface area contributed by atoms with E-state index in [1.807, 2.05) is 24.4 Å². The molecule has 0 bridgehead atoms. The molecule has 1 unspecified atom stereocenters. The SMILES string of the molecule is NC1C(=O)Nc2cc(-n3cccn3)c(Br)cc21. The fraction of sp³-hybridized carbons (Fsp3) is 0.0909. The Kier molecular flexibility index (Phi) is 2.27. The summed E-state index contributed by atoms with van der Waals surface area (Å²) in [6, 6.07) is 4.96. The third-order valence-corrected chi connectivity index (χ3v) is 3.38. The third kappa shape index (κ3) is 1.57. The number of aromatic nitrogens is 2. The highest BCUT2D eigenvalue weighted by atomic mass is 79.9. The smallest absolute Gasteiger partial charge is 0.245 e. The molecule has 17 heavy (non-hydrogen) atoms. The zero-order valence-electron chi connectivity index (χ0n) is 8.72. The molecule has 0 aliphatic carbocycles. The monoisotopic (exact) mass is 292 g/mol. The Morgan fingerprint density at radius 3 is 3.00 bits per heavy atom. The van der Waals surface area contributed by atoms with Gasteiger partial charge in [-0.1, -0.05) is 0 Å². The summed E-state index contributed by atoms with van der Waals surface area (Å²) in [4.78, 5) is 11.5. The standard InChI is InChI=1S/C11H9BrN4O/c12-7-4-6-8(15-11(17)10(6)13)5-9(7)16-3-1-2-14-16/h1-5,10H,13H2,(H,15,17). The zero-order valence-corrected chi connectivity index (χ0v) is 10.3. The van der Waals surface area contributed by atoms with Gasteiger partial charge >= 0.3 is 0 Å². The average Bonchev–Trinajstić information content (AvgIpc) is 2.90. The Hall–Kier alpha value is -1.66. The van der Waals surface area contributed by atoms with E-state index in [1.54, 1.807) is 10.9 Å². The van der Waals surface area contributed by atoms with Crippen molar-refractivity contribution in [3.8, 4) is 5.69 Å². The number of hydrogen-bond acceptors (Lipinski definition) is 3. The second kappa shape index (κ2) is 3.68. The second-order valence-corrected chi connectivity index (χ2v) is 4.66. The number of fused-ring (bicyclic) bond motifs is 1. The van der Waals surface area contributed by atoms with Crippen molar-refractivity contribution in [3.63, 3.8) is 0 Å². The molecule has 0 radical (unpaired) electrons. The molecular weight excluding hydrogens is 284 g/mol. The number of halogens is 1. The first kappa shape index (κ1) is 10.5. The fourth-order valence-corrected chi connectivity index (χ4v) is 2.42. The number of carbonyl (C=O) groups excluding carboxylic acids is 1. The van der Waals surface area contributed by atoms with Crippen molar-refractivity contribution < 1.29 is 4.79 Å². The van der Waals surface area contributed by atoms with Crippen LogP contribution in [0.2, 0.25) is 0 Å². The van der Waals surface area contributed by atoms with Crippen LogP contribution in [0.15, 0.2) is 35.1 Å². The van der Waals surface area contributed by atoms with E-state index in [0.29, 0.717) is 0 Å². The summed E-state index contributed by atoms with van der Waals surface area (Å²) in [6.07, 6.45) is 3.53.